The summed E-state index contributed by atoms with van der Waals surface area (Å²) in [6.07, 6.45) is 2.06. The summed E-state index contributed by atoms with van der Waals surface area (Å²) < 4.78 is 6.47. The number of rotatable bonds is 3. The Morgan fingerprint density at radius 2 is 2.16 bits per heavy atom. The molecule has 0 aromatic heterocycles. The molecule has 19 heavy (non-hydrogen) atoms. The van der Waals surface area contributed by atoms with E-state index < -0.39 is 0 Å². The second-order valence-corrected chi connectivity index (χ2v) is 6.10. The van der Waals surface area contributed by atoms with Crippen molar-refractivity contribution in [2.75, 3.05) is 25.1 Å². The van der Waals surface area contributed by atoms with E-state index >= 15 is 0 Å². The Bertz CT molecular complexity index is 445. The molecule has 0 spiro atoms. The largest absolute Gasteiger partial charge is 0.381 e. The van der Waals surface area contributed by atoms with Gasteiger partial charge in [-0.3, -0.25) is 0 Å². The highest BCUT2D eigenvalue weighted by molar-refractivity contribution is 14.1. The van der Waals surface area contributed by atoms with Gasteiger partial charge in [-0.2, -0.15) is 0 Å². The Morgan fingerprint density at radius 3 is 2.84 bits per heavy atom. The molecule has 5 heteroatoms. The van der Waals surface area contributed by atoms with Gasteiger partial charge in [-0.15, -0.1) is 0 Å². The average molecular weight is 374 g/mol. The van der Waals surface area contributed by atoms with Gasteiger partial charge in [-0.05, 0) is 72.0 Å². The zero-order valence-electron chi connectivity index (χ0n) is 11.0. The summed E-state index contributed by atoms with van der Waals surface area (Å²) >= 11 is 2.26. The summed E-state index contributed by atoms with van der Waals surface area (Å²) in [6.45, 7) is 4.34. The summed E-state index contributed by atoms with van der Waals surface area (Å²) in [5.41, 5.74) is 1.94. The zero-order chi connectivity index (χ0) is 13.7. The van der Waals surface area contributed by atoms with Gasteiger partial charge in [-0.1, -0.05) is 0 Å². The Kier molecular flexibility index (Phi) is 5.45. The van der Waals surface area contributed by atoms with E-state index in [9.17, 15) is 4.79 Å². The predicted octanol–water partition coefficient (Wildman–Crippen LogP) is 3.15. The van der Waals surface area contributed by atoms with Crippen molar-refractivity contribution in [2.45, 2.75) is 19.8 Å². The highest BCUT2D eigenvalue weighted by Crippen LogP contribution is 2.18. The smallest absolute Gasteiger partial charge is 0.319 e. The molecule has 0 unspecified atom stereocenters. The van der Waals surface area contributed by atoms with Crippen LogP contribution < -0.4 is 10.6 Å². The van der Waals surface area contributed by atoms with Gasteiger partial charge in [0.05, 0.1) is 0 Å². The van der Waals surface area contributed by atoms with Gasteiger partial charge in [-0.25, -0.2) is 4.79 Å². The lowest BCUT2D eigenvalue weighted by molar-refractivity contribution is 0.0671. The Labute approximate surface area is 127 Å². The minimum absolute atomic E-state index is 0.129. The first kappa shape index (κ1) is 14.6. The van der Waals surface area contributed by atoms with Crippen LogP contribution in [-0.2, 0) is 4.74 Å². The summed E-state index contributed by atoms with van der Waals surface area (Å²) in [4.78, 5) is 11.8. The molecule has 0 bridgehead atoms. The van der Waals surface area contributed by atoms with Crippen molar-refractivity contribution in [1.29, 1.82) is 0 Å². The van der Waals surface area contributed by atoms with Crippen LogP contribution in [0.3, 0.4) is 0 Å². The average Bonchev–Trinajstić information content (AvgIpc) is 2.41. The molecule has 2 rings (SSSR count). The maximum Gasteiger partial charge on any atom is 0.319 e. The summed E-state index contributed by atoms with van der Waals surface area (Å²) in [7, 11) is 0. The van der Waals surface area contributed by atoms with Gasteiger partial charge in [0.25, 0.3) is 0 Å². The number of benzene rings is 1. The second-order valence-electron chi connectivity index (χ2n) is 4.85. The summed E-state index contributed by atoms with van der Waals surface area (Å²) in [5.74, 6) is 0.539. The maximum absolute atomic E-state index is 11.8. The molecule has 1 aliphatic rings. The number of hydrogen-bond acceptors (Lipinski definition) is 2. The number of ether oxygens (including phenoxy) is 1. The molecule has 1 aromatic carbocycles. The van der Waals surface area contributed by atoms with E-state index in [1.807, 2.05) is 19.1 Å². The van der Waals surface area contributed by atoms with Crippen LogP contribution in [0.1, 0.15) is 18.4 Å². The monoisotopic (exact) mass is 374 g/mol. The number of carbonyl (C=O) groups is 1. The van der Waals surface area contributed by atoms with Gasteiger partial charge in [0, 0.05) is 29.0 Å². The molecule has 4 nitrogen and oxygen atoms in total. The van der Waals surface area contributed by atoms with Crippen molar-refractivity contribution in [1.82, 2.24) is 5.32 Å². The Morgan fingerprint density at radius 1 is 1.42 bits per heavy atom. The molecule has 2 N–H and O–H groups in total. The third-order valence-electron chi connectivity index (χ3n) is 3.33. The Hall–Kier alpha value is -0.820. The first-order valence-electron chi connectivity index (χ1n) is 6.54. The molecule has 0 saturated carbocycles. The van der Waals surface area contributed by atoms with E-state index in [4.69, 9.17) is 4.74 Å². The lowest BCUT2D eigenvalue weighted by atomic mass is 10.0. The van der Waals surface area contributed by atoms with Gasteiger partial charge in [0.2, 0.25) is 0 Å². The molecular formula is C14H19IN2O2. The third-order valence-corrected chi connectivity index (χ3v) is 4.00. The van der Waals surface area contributed by atoms with Gasteiger partial charge in [0.15, 0.2) is 0 Å². The van der Waals surface area contributed by atoms with Gasteiger partial charge >= 0.3 is 6.03 Å². The summed E-state index contributed by atoms with van der Waals surface area (Å²) in [5, 5.41) is 5.83. The predicted molar refractivity (Wildman–Crippen MR) is 84.5 cm³/mol. The van der Waals surface area contributed by atoms with E-state index in [0.29, 0.717) is 5.92 Å². The van der Waals surface area contributed by atoms with Crippen LogP contribution in [0.15, 0.2) is 18.2 Å². The van der Waals surface area contributed by atoms with E-state index in [0.717, 1.165) is 43.9 Å². The fourth-order valence-electron chi connectivity index (χ4n) is 2.12. The molecule has 2 amide bonds. The van der Waals surface area contributed by atoms with Crippen molar-refractivity contribution in [3.05, 3.63) is 27.3 Å². The van der Waals surface area contributed by atoms with Crippen molar-refractivity contribution >= 4 is 34.3 Å². The number of anilines is 1. The van der Waals surface area contributed by atoms with Gasteiger partial charge in [0.1, 0.15) is 0 Å². The number of urea groups is 1. The molecule has 1 saturated heterocycles. The molecule has 0 atom stereocenters. The number of aryl methyl sites for hydroxylation is 1. The van der Waals surface area contributed by atoms with Crippen LogP contribution in [0.25, 0.3) is 0 Å². The lowest BCUT2D eigenvalue weighted by Gasteiger charge is -2.22. The number of nitrogens with one attached hydrogen (secondary N) is 2. The van der Waals surface area contributed by atoms with Crippen LogP contribution in [0.5, 0.6) is 0 Å². The van der Waals surface area contributed by atoms with E-state index in [-0.39, 0.29) is 6.03 Å². The second kappa shape index (κ2) is 7.09. The van der Waals surface area contributed by atoms with Crippen LogP contribution in [0, 0.1) is 16.4 Å². The zero-order valence-corrected chi connectivity index (χ0v) is 13.2. The van der Waals surface area contributed by atoms with Crippen LogP contribution in [0.2, 0.25) is 0 Å². The van der Waals surface area contributed by atoms with Gasteiger partial charge < -0.3 is 15.4 Å². The first-order valence-corrected chi connectivity index (χ1v) is 7.62. The summed E-state index contributed by atoms with van der Waals surface area (Å²) in [6, 6.07) is 5.84. The molecule has 0 aliphatic carbocycles. The van der Waals surface area contributed by atoms with Crippen molar-refractivity contribution in [2.24, 2.45) is 5.92 Å². The number of hydrogen-bond donors (Lipinski definition) is 2. The normalized spacial score (nSPS) is 16.1. The number of carbonyl (C=O) groups excluding carboxylic acids is 1. The van der Waals surface area contributed by atoms with Crippen molar-refractivity contribution in [3.8, 4) is 0 Å². The molecular weight excluding hydrogens is 355 g/mol. The minimum Gasteiger partial charge on any atom is -0.381 e. The number of halogens is 1. The lowest BCUT2D eigenvalue weighted by Crippen LogP contribution is -2.35. The molecule has 104 valence electrons. The van der Waals surface area contributed by atoms with Crippen LogP contribution in [-0.4, -0.2) is 25.8 Å². The fraction of sp³-hybridized carbons (Fsp3) is 0.500. The molecule has 1 aromatic rings. The molecule has 1 aliphatic heterocycles. The SMILES string of the molecule is Cc1cc(I)ccc1NC(=O)NCC1CCOCC1. The third kappa shape index (κ3) is 4.65. The molecule has 0 radical (unpaired) electrons. The Balaban J connectivity index is 1.80. The standard InChI is InChI=1S/C14H19IN2O2/c1-10-8-12(15)2-3-13(10)17-14(18)16-9-11-4-6-19-7-5-11/h2-3,8,11H,4-7,9H2,1H3,(H2,16,17,18). The minimum atomic E-state index is -0.129. The first-order chi connectivity index (χ1) is 9.15. The van der Waals surface area contributed by atoms with Crippen LogP contribution >= 0.6 is 22.6 Å². The topological polar surface area (TPSA) is 50.4 Å². The van der Waals surface area contributed by atoms with E-state index in [1.165, 1.54) is 3.57 Å². The van der Waals surface area contributed by atoms with E-state index in [1.54, 1.807) is 0 Å². The molecule has 1 heterocycles. The fourth-order valence-corrected chi connectivity index (χ4v) is 2.77. The van der Waals surface area contributed by atoms with Crippen molar-refractivity contribution < 1.29 is 9.53 Å². The maximum atomic E-state index is 11.8. The molecule has 1 fully saturated rings. The quantitative estimate of drug-likeness (QED) is 0.799. The highest BCUT2D eigenvalue weighted by Gasteiger charge is 2.14. The number of amides is 2. The van der Waals surface area contributed by atoms with Crippen molar-refractivity contribution in [3.63, 3.8) is 0 Å². The van der Waals surface area contributed by atoms with Crippen LogP contribution in [0.4, 0.5) is 10.5 Å². The highest BCUT2D eigenvalue weighted by atomic mass is 127. The van der Waals surface area contributed by atoms with E-state index in [2.05, 4.69) is 39.3 Å².